The molecule has 3 rings (SSSR count). The zero-order chi connectivity index (χ0) is 16.4. The van der Waals surface area contributed by atoms with Crippen LogP contribution in [0.25, 0.3) is 0 Å². The Balaban J connectivity index is 2.32. The van der Waals surface area contributed by atoms with Gasteiger partial charge in [0.1, 0.15) is 0 Å². The molecule has 0 unspecified atom stereocenters. The average Bonchev–Trinajstić information content (AvgIpc) is 2.60. The molecular formula is C20H18BrOP. The fourth-order valence-corrected chi connectivity index (χ4v) is 5.89. The van der Waals surface area contributed by atoms with Crippen LogP contribution in [0.3, 0.4) is 0 Å². The van der Waals surface area contributed by atoms with Gasteiger partial charge in [0.05, 0.1) is 0 Å². The molecule has 0 saturated heterocycles. The highest BCUT2D eigenvalue weighted by atomic mass is 79.9. The molecule has 0 atom stereocenters. The molecule has 23 heavy (non-hydrogen) atoms. The number of halogens is 1. The van der Waals surface area contributed by atoms with Crippen molar-refractivity contribution in [1.29, 1.82) is 0 Å². The molecule has 3 aromatic rings. The normalized spacial score (nSPS) is 11.4. The highest BCUT2D eigenvalue weighted by molar-refractivity contribution is 9.10. The van der Waals surface area contributed by atoms with Crippen molar-refractivity contribution in [2.45, 2.75) is 13.8 Å². The van der Waals surface area contributed by atoms with Crippen LogP contribution < -0.4 is 15.9 Å². The van der Waals surface area contributed by atoms with Crippen LogP contribution >= 0.6 is 23.1 Å². The van der Waals surface area contributed by atoms with Gasteiger partial charge < -0.3 is 4.57 Å². The third-order valence-electron chi connectivity index (χ3n) is 4.02. The third-order valence-corrected chi connectivity index (χ3v) is 8.31. The number of hydrogen-bond acceptors (Lipinski definition) is 1. The van der Waals surface area contributed by atoms with E-state index in [1.165, 1.54) is 0 Å². The van der Waals surface area contributed by atoms with E-state index in [0.29, 0.717) is 0 Å². The van der Waals surface area contributed by atoms with Gasteiger partial charge in [-0.1, -0.05) is 76.6 Å². The summed E-state index contributed by atoms with van der Waals surface area (Å²) in [7, 11) is -2.87. The zero-order valence-electron chi connectivity index (χ0n) is 13.2. The van der Waals surface area contributed by atoms with E-state index in [9.17, 15) is 4.57 Å². The minimum Gasteiger partial charge on any atom is -0.309 e. The molecule has 0 spiro atoms. The van der Waals surface area contributed by atoms with Crippen LogP contribution in [0, 0.1) is 13.8 Å². The predicted octanol–water partition coefficient (Wildman–Crippen LogP) is 4.71. The van der Waals surface area contributed by atoms with Crippen molar-refractivity contribution in [3.05, 3.63) is 88.4 Å². The van der Waals surface area contributed by atoms with E-state index in [0.717, 1.165) is 31.5 Å². The molecule has 0 radical (unpaired) electrons. The van der Waals surface area contributed by atoms with Crippen molar-refractivity contribution in [2.75, 3.05) is 0 Å². The SMILES string of the molecule is Cc1cc(P(=O)(c2ccccc2)c2ccccc2)cc(C)c1Br. The summed E-state index contributed by atoms with van der Waals surface area (Å²) in [5.41, 5.74) is 2.21. The monoisotopic (exact) mass is 384 g/mol. The van der Waals surface area contributed by atoms with E-state index < -0.39 is 7.14 Å². The van der Waals surface area contributed by atoms with Crippen LogP contribution in [-0.2, 0) is 4.57 Å². The first kappa shape index (κ1) is 16.2. The maximum Gasteiger partial charge on any atom is 0.171 e. The Morgan fingerprint density at radius 3 is 1.48 bits per heavy atom. The Morgan fingerprint density at radius 1 is 0.696 bits per heavy atom. The number of rotatable bonds is 3. The highest BCUT2D eigenvalue weighted by Gasteiger charge is 2.30. The molecule has 0 fully saturated rings. The van der Waals surface area contributed by atoms with Crippen molar-refractivity contribution in [2.24, 2.45) is 0 Å². The maximum absolute atomic E-state index is 14.2. The van der Waals surface area contributed by atoms with E-state index in [-0.39, 0.29) is 0 Å². The van der Waals surface area contributed by atoms with Gasteiger partial charge in [-0.2, -0.15) is 0 Å². The lowest BCUT2D eigenvalue weighted by atomic mass is 10.2. The minimum atomic E-state index is -2.87. The van der Waals surface area contributed by atoms with Gasteiger partial charge in [0.25, 0.3) is 0 Å². The number of aryl methyl sites for hydroxylation is 2. The lowest BCUT2D eigenvalue weighted by Crippen LogP contribution is -2.25. The molecule has 0 aromatic heterocycles. The van der Waals surface area contributed by atoms with Crippen molar-refractivity contribution >= 4 is 39.0 Å². The second-order valence-electron chi connectivity index (χ2n) is 5.67. The van der Waals surface area contributed by atoms with Crippen molar-refractivity contribution in [1.82, 2.24) is 0 Å². The number of hydrogen-bond donors (Lipinski definition) is 0. The van der Waals surface area contributed by atoms with Crippen molar-refractivity contribution < 1.29 is 4.57 Å². The first-order chi connectivity index (χ1) is 11.0. The molecule has 0 bridgehead atoms. The standard InChI is InChI=1S/C20H18BrOP/c1-15-13-19(14-16(2)20(15)21)23(22,17-9-5-3-6-10-17)18-11-7-4-8-12-18/h3-14H,1-2H3. The van der Waals surface area contributed by atoms with E-state index in [4.69, 9.17) is 0 Å². The Labute approximate surface area is 145 Å². The lowest BCUT2D eigenvalue weighted by molar-refractivity contribution is 0.592. The molecule has 0 aliphatic rings. The van der Waals surface area contributed by atoms with Crippen molar-refractivity contribution in [3.8, 4) is 0 Å². The topological polar surface area (TPSA) is 17.1 Å². The molecule has 116 valence electrons. The van der Waals surface area contributed by atoms with Gasteiger partial charge >= 0.3 is 0 Å². The second kappa shape index (κ2) is 6.47. The van der Waals surface area contributed by atoms with Gasteiger partial charge in [-0.15, -0.1) is 0 Å². The van der Waals surface area contributed by atoms with Crippen LogP contribution in [-0.4, -0.2) is 0 Å². The molecule has 0 heterocycles. The summed E-state index contributed by atoms with van der Waals surface area (Å²) in [6, 6.07) is 23.6. The largest absolute Gasteiger partial charge is 0.309 e. The summed E-state index contributed by atoms with van der Waals surface area (Å²) in [6.07, 6.45) is 0. The van der Waals surface area contributed by atoms with E-state index >= 15 is 0 Å². The molecule has 1 nitrogen and oxygen atoms in total. The molecule has 3 aromatic carbocycles. The highest BCUT2D eigenvalue weighted by Crippen LogP contribution is 2.43. The lowest BCUT2D eigenvalue weighted by Gasteiger charge is -2.21. The summed E-state index contributed by atoms with van der Waals surface area (Å²) < 4.78 is 15.3. The fraction of sp³-hybridized carbons (Fsp3) is 0.100. The summed E-state index contributed by atoms with van der Waals surface area (Å²) >= 11 is 3.60. The summed E-state index contributed by atoms with van der Waals surface area (Å²) in [5.74, 6) is 0. The van der Waals surface area contributed by atoms with Gasteiger partial charge in [-0.25, -0.2) is 0 Å². The molecule has 0 N–H and O–H groups in total. The molecule has 0 amide bonds. The smallest absolute Gasteiger partial charge is 0.171 e. The first-order valence-electron chi connectivity index (χ1n) is 7.52. The summed E-state index contributed by atoms with van der Waals surface area (Å²) in [4.78, 5) is 0. The predicted molar refractivity (Wildman–Crippen MR) is 103 cm³/mol. The quantitative estimate of drug-likeness (QED) is 0.597. The van der Waals surface area contributed by atoms with Gasteiger partial charge in [-0.05, 0) is 37.1 Å². The third kappa shape index (κ3) is 2.94. The van der Waals surface area contributed by atoms with E-state index in [2.05, 4.69) is 15.9 Å². The summed E-state index contributed by atoms with van der Waals surface area (Å²) in [5, 5.41) is 2.62. The van der Waals surface area contributed by atoms with E-state index in [1.807, 2.05) is 86.6 Å². The maximum atomic E-state index is 14.2. The van der Waals surface area contributed by atoms with Gasteiger partial charge in [-0.3, -0.25) is 0 Å². The average molecular weight is 385 g/mol. The first-order valence-corrected chi connectivity index (χ1v) is 10.0. The Bertz CT molecular complexity index is 806. The van der Waals surface area contributed by atoms with E-state index in [1.54, 1.807) is 0 Å². The Morgan fingerprint density at radius 2 is 1.09 bits per heavy atom. The fourth-order valence-electron chi connectivity index (χ4n) is 2.83. The van der Waals surface area contributed by atoms with Crippen LogP contribution in [0.1, 0.15) is 11.1 Å². The molecular weight excluding hydrogens is 367 g/mol. The molecule has 0 aliphatic heterocycles. The molecule has 0 saturated carbocycles. The van der Waals surface area contributed by atoms with Crippen LogP contribution in [0.5, 0.6) is 0 Å². The van der Waals surface area contributed by atoms with Crippen LogP contribution in [0.4, 0.5) is 0 Å². The minimum absolute atomic E-state index is 0.868. The Hall–Kier alpha value is -1.63. The summed E-state index contributed by atoms with van der Waals surface area (Å²) in [6.45, 7) is 4.09. The molecule has 3 heteroatoms. The Kier molecular flexibility index (Phi) is 4.57. The van der Waals surface area contributed by atoms with Gasteiger partial charge in [0, 0.05) is 20.4 Å². The second-order valence-corrected chi connectivity index (χ2v) is 9.23. The van der Waals surface area contributed by atoms with Crippen LogP contribution in [0.15, 0.2) is 77.3 Å². The van der Waals surface area contributed by atoms with Crippen LogP contribution in [0.2, 0.25) is 0 Å². The van der Waals surface area contributed by atoms with Gasteiger partial charge in [0.15, 0.2) is 7.14 Å². The molecule has 0 aliphatic carbocycles. The van der Waals surface area contributed by atoms with Gasteiger partial charge in [0.2, 0.25) is 0 Å². The van der Waals surface area contributed by atoms with Crippen molar-refractivity contribution in [3.63, 3.8) is 0 Å². The zero-order valence-corrected chi connectivity index (χ0v) is 15.6. The number of benzene rings is 3.